The zero-order valence-corrected chi connectivity index (χ0v) is 59.9. The molecule has 93 heavy (non-hydrogen) atoms. The molecular formula is C75H130O16P2. The SMILES string of the molecule is CC/C=C\C/C=C\C/C=C\C/C=C\C/C=C\C/C=C\CCCCCCCCCCCCC(=O)OCC(O)COP(=O)(O)OCC(O)COP(=O)(O)OCC(COC(=O)CCCCCCC/C=C\CCCCCCCC)OC(=O)CCCCCCC/C=C\C/C=C\CCC. The van der Waals surface area contributed by atoms with E-state index in [1.54, 1.807) is 0 Å². The maximum atomic E-state index is 12.9. The van der Waals surface area contributed by atoms with Crippen LogP contribution in [0.3, 0.4) is 0 Å². The van der Waals surface area contributed by atoms with E-state index in [9.17, 15) is 43.5 Å². The third kappa shape index (κ3) is 69.4. The fraction of sp³-hybridized carbons (Fsp3) is 0.720. The third-order valence-electron chi connectivity index (χ3n) is 14.9. The Labute approximate surface area is 564 Å². The van der Waals surface area contributed by atoms with Crippen LogP contribution in [-0.2, 0) is 55.8 Å². The zero-order chi connectivity index (χ0) is 68.1. The van der Waals surface area contributed by atoms with Crippen molar-refractivity contribution >= 4 is 33.6 Å². The number of phosphoric ester groups is 2. The molecule has 0 aliphatic heterocycles. The largest absolute Gasteiger partial charge is 0.472 e. The first kappa shape index (κ1) is 89.2. The minimum atomic E-state index is -4.93. The van der Waals surface area contributed by atoms with Crippen LogP contribution in [0.25, 0.3) is 0 Å². The fourth-order valence-corrected chi connectivity index (χ4v) is 11.0. The first-order valence-corrected chi connectivity index (χ1v) is 39.2. The number of carbonyl (C=O) groups is 3. The van der Waals surface area contributed by atoms with Gasteiger partial charge in [-0.05, 0) is 122 Å². The standard InChI is InChI=1S/C75H130O16P2/c1-4-7-10-13-16-19-22-25-27-28-29-30-31-32-33-34-35-36-37-38-39-40-42-45-46-49-52-55-58-61-73(78)85-64-70(76)65-87-92(81,82)88-66-71(77)67-89-93(83,84)90-69-72(91-75(80)63-60-57-54-51-48-43-24-21-18-15-12-9-6-3)68-86-74(79)62-59-56-53-50-47-44-41-26-23-20-17-14-11-8-5-2/h7,10,12,15-16,19,21,24-27,29-30,32-33,35-36,41,70-72,76-77H,4-6,8-9,11,13-14,17-18,20,22-23,28,31,34,37-40,42-69H2,1-3H3,(H,81,82)(H,83,84)/b10-7-,15-12-,19-16-,24-21-,27-25-,30-29-,33-32-,36-35-,41-26-. The molecular weight excluding hydrogens is 1220 g/mol. The number of hydrogen-bond acceptors (Lipinski definition) is 14. The number of ether oxygens (including phenoxy) is 3. The van der Waals surface area contributed by atoms with Crippen molar-refractivity contribution in [2.24, 2.45) is 0 Å². The van der Waals surface area contributed by atoms with Gasteiger partial charge in [-0.3, -0.25) is 32.5 Å². The number of rotatable bonds is 68. The molecule has 4 N–H and O–H groups in total. The summed E-state index contributed by atoms with van der Waals surface area (Å²) in [6.07, 6.45) is 77.2. The highest BCUT2D eigenvalue weighted by molar-refractivity contribution is 7.47. The summed E-state index contributed by atoms with van der Waals surface area (Å²) in [5, 5.41) is 20.6. The predicted octanol–water partition coefficient (Wildman–Crippen LogP) is 20.4. The Morgan fingerprint density at radius 1 is 0.312 bits per heavy atom. The first-order valence-electron chi connectivity index (χ1n) is 36.2. The van der Waals surface area contributed by atoms with E-state index in [1.165, 1.54) is 70.6 Å². The molecule has 18 heteroatoms. The monoisotopic (exact) mass is 1350 g/mol. The topological polar surface area (TPSA) is 231 Å². The summed E-state index contributed by atoms with van der Waals surface area (Å²) in [5.41, 5.74) is 0. The molecule has 0 amide bonds. The van der Waals surface area contributed by atoms with Crippen molar-refractivity contribution in [3.05, 3.63) is 109 Å². The Kier molecular flexibility index (Phi) is 65.4. The molecule has 16 nitrogen and oxygen atoms in total. The Morgan fingerprint density at radius 2 is 0.591 bits per heavy atom. The molecule has 0 aliphatic carbocycles. The minimum Gasteiger partial charge on any atom is -0.463 e. The van der Waals surface area contributed by atoms with Gasteiger partial charge in [-0.25, -0.2) is 9.13 Å². The number of aliphatic hydroxyl groups excluding tert-OH is 2. The highest BCUT2D eigenvalue weighted by Gasteiger charge is 2.29. The maximum absolute atomic E-state index is 12.9. The van der Waals surface area contributed by atoms with E-state index in [4.69, 9.17) is 32.3 Å². The lowest BCUT2D eigenvalue weighted by Gasteiger charge is -2.21. The zero-order valence-electron chi connectivity index (χ0n) is 58.1. The average molecular weight is 1350 g/mol. The van der Waals surface area contributed by atoms with Gasteiger partial charge in [0.15, 0.2) is 6.10 Å². The number of phosphoric acid groups is 2. The molecule has 0 aromatic carbocycles. The summed E-state index contributed by atoms with van der Waals surface area (Å²) in [7, 11) is -9.78. The Bertz CT molecular complexity index is 2130. The predicted molar refractivity (Wildman–Crippen MR) is 380 cm³/mol. The summed E-state index contributed by atoms with van der Waals surface area (Å²) in [6.45, 7) is 2.46. The lowest BCUT2D eigenvalue weighted by molar-refractivity contribution is -0.161. The van der Waals surface area contributed by atoms with E-state index in [0.29, 0.717) is 19.3 Å². The van der Waals surface area contributed by atoms with Crippen LogP contribution in [0.5, 0.6) is 0 Å². The van der Waals surface area contributed by atoms with Crippen molar-refractivity contribution < 1.29 is 75.8 Å². The van der Waals surface area contributed by atoms with E-state index >= 15 is 0 Å². The number of allylic oxidation sites excluding steroid dienone is 18. The van der Waals surface area contributed by atoms with Crippen molar-refractivity contribution in [2.45, 2.75) is 309 Å². The van der Waals surface area contributed by atoms with Gasteiger partial charge >= 0.3 is 33.6 Å². The molecule has 0 aromatic heterocycles. The summed E-state index contributed by atoms with van der Waals surface area (Å²) in [4.78, 5) is 58.4. The van der Waals surface area contributed by atoms with Gasteiger partial charge in [0, 0.05) is 19.3 Å². The second kappa shape index (κ2) is 68.2. The van der Waals surface area contributed by atoms with Crippen molar-refractivity contribution in [3.8, 4) is 0 Å². The van der Waals surface area contributed by atoms with E-state index < -0.39 is 91.5 Å². The lowest BCUT2D eigenvalue weighted by Crippen LogP contribution is -2.30. The number of aliphatic hydroxyl groups is 2. The van der Waals surface area contributed by atoms with Crippen molar-refractivity contribution in [1.29, 1.82) is 0 Å². The van der Waals surface area contributed by atoms with Crippen molar-refractivity contribution in [2.75, 3.05) is 39.6 Å². The van der Waals surface area contributed by atoms with Crippen LogP contribution in [0, 0.1) is 0 Å². The number of hydrogen-bond donors (Lipinski definition) is 4. The van der Waals surface area contributed by atoms with Crippen LogP contribution >= 0.6 is 15.6 Å². The van der Waals surface area contributed by atoms with Gasteiger partial charge < -0.3 is 34.2 Å². The second-order valence-electron chi connectivity index (χ2n) is 24.0. The molecule has 0 saturated heterocycles. The van der Waals surface area contributed by atoms with E-state index in [0.717, 1.165) is 161 Å². The molecule has 0 rings (SSSR count). The molecule has 0 saturated carbocycles. The molecule has 0 fully saturated rings. The van der Waals surface area contributed by atoms with E-state index in [2.05, 4.69) is 130 Å². The van der Waals surface area contributed by atoms with Gasteiger partial charge in [-0.2, -0.15) is 0 Å². The summed E-state index contributed by atoms with van der Waals surface area (Å²) in [6, 6.07) is 0. The van der Waals surface area contributed by atoms with Crippen LogP contribution in [-0.4, -0.2) is 95.9 Å². The normalized spacial score (nSPS) is 14.8. The molecule has 0 spiro atoms. The van der Waals surface area contributed by atoms with Gasteiger partial charge in [0.25, 0.3) is 0 Å². The first-order chi connectivity index (χ1) is 45.2. The van der Waals surface area contributed by atoms with E-state index in [-0.39, 0.29) is 19.3 Å². The highest BCUT2D eigenvalue weighted by Crippen LogP contribution is 2.45. The Balaban J connectivity index is 4.47. The minimum absolute atomic E-state index is 0.0868. The molecule has 0 radical (unpaired) electrons. The number of unbranched alkanes of at least 4 members (excludes halogenated alkanes) is 27. The molecule has 0 bridgehead atoms. The molecule has 536 valence electrons. The van der Waals surface area contributed by atoms with E-state index in [1.807, 2.05) is 0 Å². The van der Waals surface area contributed by atoms with Gasteiger partial charge in [-0.1, -0.05) is 259 Å². The molecule has 5 atom stereocenters. The average Bonchev–Trinajstić information content (AvgIpc) is 2.91. The summed E-state index contributed by atoms with van der Waals surface area (Å²) < 4.78 is 60.9. The van der Waals surface area contributed by atoms with Crippen LogP contribution in [0.2, 0.25) is 0 Å². The highest BCUT2D eigenvalue weighted by atomic mass is 31.2. The van der Waals surface area contributed by atoms with Crippen LogP contribution in [0.1, 0.15) is 290 Å². The van der Waals surface area contributed by atoms with Crippen LogP contribution in [0.15, 0.2) is 109 Å². The molecule has 5 unspecified atom stereocenters. The smallest absolute Gasteiger partial charge is 0.463 e. The molecule has 0 heterocycles. The molecule has 0 aliphatic rings. The van der Waals surface area contributed by atoms with Gasteiger partial charge in [0.05, 0.1) is 26.4 Å². The Morgan fingerprint density at radius 3 is 0.957 bits per heavy atom. The Hall–Kier alpha value is -3.79. The van der Waals surface area contributed by atoms with Crippen molar-refractivity contribution in [3.63, 3.8) is 0 Å². The lowest BCUT2D eigenvalue weighted by atomic mass is 10.1. The number of carbonyl (C=O) groups excluding carboxylic acids is 3. The summed E-state index contributed by atoms with van der Waals surface area (Å²) >= 11 is 0. The third-order valence-corrected chi connectivity index (χ3v) is 16.8. The number of esters is 3. The maximum Gasteiger partial charge on any atom is 0.472 e. The van der Waals surface area contributed by atoms with Crippen LogP contribution < -0.4 is 0 Å². The van der Waals surface area contributed by atoms with Gasteiger partial charge in [0.1, 0.15) is 25.4 Å². The van der Waals surface area contributed by atoms with Crippen molar-refractivity contribution in [1.82, 2.24) is 0 Å². The fourth-order valence-electron chi connectivity index (χ4n) is 9.43. The quantitative estimate of drug-likeness (QED) is 0.0146. The van der Waals surface area contributed by atoms with Gasteiger partial charge in [0.2, 0.25) is 0 Å². The molecule has 0 aromatic rings. The second-order valence-corrected chi connectivity index (χ2v) is 26.9. The van der Waals surface area contributed by atoms with Crippen LogP contribution in [0.4, 0.5) is 0 Å². The van der Waals surface area contributed by atoms with Gasteiger partial charge in [-0.15, -0.1) is 0 Å². The summed E-state index contributed by atoms with van der Waals surface area (Å²) in [5.74, 6) is -1.60.